The van der Waals surface area contributed by atoms with Gasteiger partial charge in [-0.05, 0) is 12.8 Å². The second-order valence-electron chi connectivity index (χ2n) is 3.27. The molecule has 2 N–H and O–H groups in total. The number of ether oxygens (including phenoxy) is 1. The van der Waals surface area contributed by atoms with E-state index in [4.69, 9.17) is 10.6 Å². The maximum Gasteiger partial charge on any atom is 0.376 e. The number of imidazole rings is 1. The van der Waals surface area contributed by atoms with Gasteiger partial charge in [0.1, 0.15) is 0 Å². The van der Waals surface area contributed by atoms with Crippen LogP contribution in [0.1, 0.15) is 43.0 Å². The van der Waals surface area contributed by atoms with Crippen molar-refractivity contribution >= 4 is 5.97 Å². The molecule has 0 atom stereocenters. The molecule has 0 aliphatic carbocycles. The molecule has 5 nitrogen and oxygen atoms in total. The van der Waals surface area contributed by atoms with E-state index >= 15 is 0 Å². The van der Waals surface area contributed by atoms with Crippen molar-refractivity contribution in [2.45, 2.75) is 26.7 Å². The van der Waals surface area contributed by atoms with Gasteiger partial charge >= 0.3 is 5.97 Å². The van der Waals surface area contributed by atoms with Gasteiger partial charge in [0.15, 0.2) is 0 Å². The fraction of sp³-hybridized carbons (Fsp3) is 0.556. The van der Waals surface area contributed by atoms with Crippen molar-refractivity contribution in [1.29, 1.82) is 0 Å². The first-order valence-electron chi connectivity index (χ1n) is 4.57. The SMILES string of the molecule is CCOC(=O)c1nc(C(C)C)cn1N. The molecule has 0 spiro atoms. The van der Waals surface area contributed by atoms with Crippen LogP contribution in [-0.4, -0.2) is 22.2 Å². The van der Waals surface area contributed by atoms with Crippen LogP contribution in [0.15, 0.2) is 6.20 Å². The molecule has 78 valence electrons. The van der Waals surface area contributed by atoms with Gasteiger partial charge in [-0.1, -0.05) is 13.8 Å². The van der Waals surface area contributed by atoms with E-state index in [1.54, 1.807) is 13.1 Å². The number of aromatic nitrogens is 2. The summed E-state index contributed by atoms with van der Waals surface area (Å²) in [5, 5.41) is 0. The summed E-state index contributed by atoms with van der Waals surface area (Å²) in [4.78, 5) is 15.4. The normalized spacial score (nSPS) is 10.6. The molecule has 0 fully saturated rings. The Morgan fingerprint density at radius 2 is 2.36 bits per heavy atom. The zero-order chi connectivity index (χ0) is 10.7. The van der Waals surface area contributed by atoms with E-state index in [1.165, 1.54) is 4.68 Å². The van der Waals surface area contributed by atoms with Crippen molar-refractivity contribution in [1.82, 2.24) is 9.66 Å². The zero-order valence-corrected chi connectivity index (χ0v) is 8.65. The Bertz CT molecular complexity index is 331. The van der Waals surface area contributed by atoms with E-state index in [0.717, 1.165) is 5.69 Å². The predicted octanol–water partition coefficient (Wildman–Crippen LogP) is 0.897. The molecular formula is C9H15N3O2. The Balaban J connectivity index is 2.92. The number of esters is 1. The van der Waals surface area contributed by atoms with Gasteiger partial charge in [0, 0.05) is 0 Å². The topological polar surface area (TPSA) is 70.1 Å². The zero-order valence-electron chi connectivity index (χ0n) is 8.65. The van der Waals surface area contributed by atoms with Crippen molar-refractivity contribution in [2.75, 3.05) is 12.4 Å². The number of hydrogen-bond acceptors (Lipinski definition) is 4. The van der Waals surface area contributed by atoms with E-state index in [2.05, 4.69) is 4.98 Å². The standard InChI is InChI=1S/C9H15N3O2/c1-4-14-9(13)8-11-7(6(2)3)5-12(8)10/h5-6H,4,10H2,1-3H3. The highest BCUT2D eigenvalue weighted by atomic mass is 16.5. The summed E-state index contributed by atoms with van der Waals surface area (Å²) in [6.45, 7) is 6.03. The number of hydrogen-bond donors (Lipinski definition) is 1. The summed E-state index contributed by atoms with van der Waals surface area (Å²) in [6.07, 6.45) is 1.64. The summed E-state index contributed by atoms with van der Waals surface area (Å²) in [5.74, 6) is 5.47. The summed E-state index contributed by atoms with van der Waals surface area (Å²) >= 11 is 0. The van der Waals surface area contributed by atoms with Gasteiger partial charge in [-0.15, -0.1) is 0 Å². The molecule has 0 amide bonds. The van der Waals surface area contributed by atoms with Crippen LogP contribution >= 0.6 is 0 Å². The van der Waals surface area contributed by atoms with Gasteiger partial charge in [-0.2, -0.15) is 0 Å². The number of nitrogen functional groups attached to an aromatic ring is 1. The van der Waals surface area contributed by atoms with Crippen LogP contribution in [0.4, 0.5) is 0 Å². The van der Waals surface area contributed by atoms with Gasteiger partial charge in [0.25, 0.3) is 0 Å². The minimum absolute atomic E-state index is 0.149. The van der Waals surface area contributed by atoms with Gasteiger partial charge in [0.05, 0.1) is 18.5 Å². The first-order chi connectivity index (χ1) is 6.56. The second kappa shape index (κ2) is 4.13. The third-order valence-corrected chi connectivity index (χ3v) is 1.80. The lowest BCUT2D eigenvalue weighted by molar-refractivity contribution is 0.0509. The largest absolute Gasteiger partial charge is 0.460 e. The molecule has 0 saturated heterocycles. The minimum atomic E-state index is -0.484. The highest BCUT2D eigenvalue weighted by Gasteiger charge is 2.16. The van der Waals surface area contributed by atoms with Gasteiger partial charge in [-0.25, -0.2) is 14.5 Å². The Labute approximate surface area is 82.8 Å². The molecule has 14 heavy (non-hydrogen) atoms. The number of rotatable bonds is 3. The number of carbonyl (C=O) groups excluding carboxylic acids is 1. The molecule has 0 bridgehead atoms. The Kier molecular flexibility index (Phi) is 3.11. The molecule has 0 radical (unpaired) electrons. The van der Waals surface area contributed by atoms with Crippen molar-refractivity contribution in [3.8, 4) is 0 Å². The number of carbonyl (C=O) groups is 1. The molecule has 1 rings (SSSR count). The van der Waals surface area contributed by atoms with Crippen LogP contribution in [0.3, 0.4) is 0 Å². The van der Waals surface area contributed by atoms with E-state index < -0.39 is 5.97 Å². The molecule has 0 unspecified atom stereocenters. The first kappa shape index (κ1) is 10.6. The van der Waals surface area contributed by atoms with Crippen molar-refractivity contribution in [2.24, 2.45) is 0 Å². The Hall–Kier alpha value is -1.52. The van der Waals surface area contributed by atoms with E-state index in [1.807, 2.05) is 13.8 Å². The van der Waals surface area contributed by atoms with Crippen LogP contribution in [0, 0.1) is 0 Å². The lowest BCUT2D eigenvalue weighted by Crippen LogP contribution is -2.18. The molecule has 0 aromatic carbocycles. The summed E-state index contributed by atoms with van der Waals surface area (Å²) in [5.41, 5.74) is 0.788. The summed E-state index contributed by atoms with van der Waals surface area (Å²) in [6, 6.07) is 0. The third kappa shape index (κ3) is 2.04. The molecule has 1 heterocycles. The van der Waals surface area contributed by atoms with Gasteiger partial charge in [-0.3, -0.25) is 0 Å². The van der Waals surface area contributed by atoms with Crippen LogP contribution in [-0.2, 0) is 4.74 Å². The van der Waals surface area contributed by atoms with Crippen molar-refractivity contribution in [3.63, 3.8) is 0 Å². The van der Waals surface area contributed by atoms with Crippen LogP contribution in [0.25, 0.3) is 0 Å². The molecule has 1 aromatic rings. The number of nitrogens with zero attached hydrogens (tertiary/aromatic N) is 2. The highest BCUT2D eigenvalue weighted by Crippen LogP contribution is 2.12. The molecule has 1 aromatic heterocycles. The predicted molar refractivity (Wildman–Crippen MR) is 52.4 cm³/mol. The maximum atomic E-state index is 11.3. The van der Waals surface area contributed by atoms with E-state index in [0.29, 0.717) is 6.61 Å². The monoisotopic (exact) mass is 197 g/mol. The molecular weight excluding hydrogens is 182 g/mol. The maximum absolute atomic E-state index is 11.3. The quantitative estimate of drug-likeness (QED) is 0.577. The lowest BCUT2D eigenvalue weighted by atomic mass is 10.2. The van der Waals surface area contributed by atoms with Gasteiger partial charge < -0.3 is 10.6 Å². The average Bonchev–Trinajstić information content (AvgIpc) is 2.48. The first-order valence-corrected chi connectivity index (χ1v) is 4.57. The molecule has 0 saturated carbocycles. The van der Waals surface area contributed by atoms with E-state index in [9.17, 15) is 4.79 Å². The molecule has 0 aliphatic heterocycles. The summed E-state index contributed by atoms with van der Waals surface area (Å²) < 4.78 is 6.00. The van der Waals surface area contributed by atoms with Crippen LogP contribution < -0.4 is 5.84 Å². The summed E-state index contributed by atoms with van der Waals surface area (Å²) in [7, 11) is 0. The minimum Gasteiger partial charge on any atom is -0.460 e. The fourth-order valence-electron chi connectivity index (χ4n) is 1.04. The van der Waals surface area contributed by atoms with Crippen LogP contribution in [0.5, 0.6) is 0 Å². The average molecular weight is 197 g/mol. The molecule has 5 heteroatoms. The second-order valence-corrected chi connectivity index (χ2v) is 3.27. The Morgan fingerprint density at radius 1 is 1.71 bits per heavy atom. The Morgan fingerprint density at radius 3 is 2.79 bits per heavy atom. The van der Waals surface area contributed by atoms with Gasteiger partial charge in [0.2, 0.25) is 5.82 Å². The highest BCUT2D eigenvalue weighted by molar-refractivity contribution is 5.85. The molecule has 0 aliphatic rings. The van der Waals surface area contributed by atoms with E-state index in [-0.39, 0.29) is 11.7 Å². The van der Waals surface area contributed by atoms with Crippen molar-refractivity contribution < 1.29 is 9.53 Å². The van der Waals surface area contributed by atoms with Crippen LogP contribution in [0.2, 0.25) is 0 Å². The number of nitrogens with two attached hydrogens (primary N) is 1. The smallest absolute Gasteiger partial charge is 0.376 e. The van der Waals surface area contributed by atoms with Crippen molar-refractivity contribution in [3.05, 3.63) is 17.7 Å². The third-order valence-electron chi connectivity index (χ3n) is 1.80. The lowest BCUT2D eigenvalue weighted by Gasteiger charge is -1.99. The fourth-order valence-corrected chi connectivity index (χ4v) is 1.04.